The van der Waals surface area contributed by atoms with Gasteiger partial charge in [0, 0.05) is 18.3 Å². The standard InChI is InChI=1S/C16H26O7S/c1-10-4-5-13-11(9-20-24(3,17)18)8-19-14-16(13)12(10)6-7-15(2,21-14)22-23-16/h10-14H,4-9H2,1-3H3/t10-,11-,12+,13+,14-,15-,16-/m1/s1. The highest BCUT2D eigenvalue weighted by Crippen LogP contribution is 2.59. The molecule has 1 aliphatic carbocycles. The maximum Gasteiger partial charge on any atom is 0.264 e. The number of hydrogen-bond donors (Lipinski definition) is 0. The van der Waals surface area contributed by atoms with Crippen LogP contribution in [0.15, 0.2) is 0 Å². The number of hydrogen-bond acceptors (Lipinski definition) is 7. The predicted octanol–water partition coefficient (Wildman–Crippen LogP) is 1.82. The molecule has 7 nitrogen and oxygen atoms in total. The van der Waals surface area contributed by atoms with Gasteiger partial charge in [-0.25, -0.2) is 9.78 Å². The highest BCUT2D eigenvalue weighted by atomic mass is 32.2. The van der Waals surface area contributed by atoms with Crippen LogP contribution >= 0.6 is 0 Å². The fourth-order valence-electron chi connectivity index (χ4n) is 5.10. The van der Waals surface area contributed by atoms with Crippen molar-refractivity contribution in [2.75, 3.05) is 19.5 Å². The van der Waals surface area contributed by atoms with Crippen LogP contribution in [0.5, 0.6) is 0 Å². The SMILES string of the molecule is C[C@@H]1CC[C@H]2[C@@H](COS(C)(=O)=O)CO[C@@H]3O[C@@]4(C)CC[C@@H]1[C@]32OO4. The van der Waals surface area contributed by atoms with E-state index in [1.54, 1.807) is 0 Å². The lowest BCUT2D eigenvalue weighted by atomic mass is 9.58. The molecule has 2 bridgehead atoms. The van der Waals surface area contributed by atoms with Gasteiger partial charge in [0.05, 0.1) is 19.5 Å². The van der Waals surface area contributed by atoms with Crippen LogP contribution in [0.25, 0.3) is 0 Å². The van der Waals surface area contributed by atoms with Gasteiger partial charge in [0.25, 0.3) is 10.1 Å². The summed E-state index contributed by atoms with van der Waals surface area (Å²) in [6, 6.07) is 0. The molecule has 7 atom stereocenters. The molecule has 0 aromatic carbocycles. The van der Waals surface area contributed by atoms with E-state index < -0.39 is 27.8 Å². The average molecular weight is 362 g/mol. The van der Waals surface area contributed by atoms with Crippen molar-refractivity contribution in [3.8, 4) is 0 Å². The minimum Gasteiger partial charge on any atom is -0.349 e. The van der Waals surface area contributed by atoms with Gasteiger partial charge in [-0.1, -0.05) is 6.92 Å². The quantitative estimate of drug-likeness (QED) is 0.560. The van der Waals surface area contributed by atoms with Crippen LogP contribution in [-0.4, -0.2) is 45.6 Å². The first kappa shape index (κ1) is 17.2. The van der Waals surface area contributed by atoms with Crippen molar-refractivity contribution in [3.63, 3.8) is 0 Å². The summed E-state index contributed by atoms with van der Waals surface area (Å²) in [6.07, 6.45) is 4.34. The van der Waals surface area contributed by atoms with E-state index >= 15 is 0 Å². The van der Waals surface area contributed by atoms with Crippen LogP contribution in [0.2, 0.25) is 0 Å². The summed E-state index contributed by atoms with van der Waals surface area (Å²) in [5.41, 5.74) is -0.669. The minimum atomic E-state index is -3.48. The normalized spacial score (nSPS) is 51.0. The largest absolute Gasteiger partial charge is 0.349 e. The van der Waals surface area contributed by atoms with Crippen molar-refractivity contribution in [2.24, 2.45) is 23.7 Å². The summed E-state index contributed by atoms with van der Waals surface area (Å²) in [4.78, 5) is 11.7. The first-order valence-electron chi connectivity index (χ1n) is 8.74. The van der Waals surface area contributed by atoms with Gasteiger partial charge in [0.2, 0.25) is 5.79 Å². The smallest absolute Gasteiger partial charge is 0.264 e. The fraction of sp³-hybridized carbons (Fsp3) is 1.00. The van der Waals surface area contributed by atoms with E-state index in [1.807, 2.05) is 6.92 Å². The second-order valence-corrected chi connectivity index (χ2v) is 9.64. The van der Waals surface area contributed by atoms with Crippen LogP contribution in [0.3, 0.4) is 0 Å². The molecule has 5 aliphatic rings. The molecule has 24 heavy (non-hydrogen) atoms. The second-order valence-electron chi connectivity index (χ2n) is 7.99. The third kappa shape index (κ3) is 2.62. The third-order valence-electron chi connectivity index (χ3n) is 6.30. The molecule has 0 aromatic heterocycles. The first-order chi connectivity index (χ1) is 11.2. The van der Waals surface area contributed by atoms with Crippen molar-refractivity contribution >= 4 is 10.1 Å². The Morgan fingerprint density at radius 3 is 2.71 bits per heavy atom. The molecular formula is C16H26O7S. The molecule has 4 heterocycles. The van der Waals surface area contributed by atoms with Gasteiger partial charge < -0.3 is 9.47 Å². The van der Waals surface area contributed by atoms with E-state index in [1.165, 1.54) is 0 Å². The summed E-state index contributed by atoms with van der Waals surface area (Å²) in [7, 11) is -3.48. The Kier molecular flexibility index (Phi) is 4.02. The number of fused-ring (bicyclic) bond motifs is 2. The molecule has 5 fully saturated rings. The Morgan fingerprint density at radius 2 is 1.96 bits per heavy atom. The molecule has 0 amide bonds. The van der Waals surface area contributed by atoms with Gasteiger partial charge in [0.15, 0.2) is 11.9 Å². The molecule has 0 unspecified atom stereocenters. The molecule has 1 saturated carbocycles. The summed E-state index contributed by atoms with van der Waals surface area (Å²) in [5.74, 6) is 0.0248. The molecule has 5 rings (SSSR count). The Labute approximate surface area is 143 Å². The van der Waals surface area contributed by atoms with Crippen molar-refractivity contribution in [1.29, 1.82) is 0 Å². The molecule has 0 N–H and O–H groups in total. The predicted molar refractivity (Wildman–Crippen MR) is 83.0 cm³/mol. The summed E-state index contributed by atoms with van der Waals surface area (Å²) in [6.45, 7) is 4.65. The third-order valence-corrected chi connectivity index (χ3v) is 6.87. The lowest BCUT2D eigenvalue weighted by molar-refractivity contribution is -0.567. The number of rotatable bonds is 3. The lowest BCUT2D eigenvalue weighted by Gasteiger charge is -2.59. The van der Waals surface area contributed by atoms with E-state index in [0.717, 1.165) is 31.9 Å². The van der Waals surface area contributed by atoms with Crippen LogP contribution < -0.4 is 0 Å². The van der Waals surface area contributed by atoms with Crippen LogP contribution in [0.1, 0.15) is 39.5 Å². The van der Waals surface area contributed by atoms with Gasteiger partial charge in [-0.15, -0.1) is 0 Å². The van der Waals surface area contributed by atoms with E-state index in [2.05, 4.69) is 6.92 Å². The molecule has 0 radical (unpaired) electrons. The topological polar surface area (TPSA) is 80.3 Å². The van der Waals surface area contributed by atoms with Gasteiger partial charge in [-0.3, -0.25) is 4.18 Å². The fourth-order valence-corrected chi connectivity index (χ4v) is 5.52. The Bertz CT molecular complexity index is 608. The van der Waals surface area contributed by atoms with Crippen LogP contribution in [-0.2, 0) is 33.6 Å². The molecule has 4 saturated heterocycles. The van der Waals surface area contributed by atoms with Gasteiger partial charge >= 0.3 is 0 Å². The summed E-state index contributed by atoms with van der Waals surface area (Å²) < 4.78 is 40.0. The zero-order valence-corrected chi connectivity index (χ0v) is 15.2. The summed E-state index contributed by atoms with van der Waals surface area (Å²) in [5, 5.41) is 0. The van der Waals surface area contributed by atoms with Gasteiger partial charge in [-0.2, -0.15) is 8.42 Å². The van der Waals surface area contributed by atoms with E-state index in [-0.39, 0.29) is 24.4 Å². The number of ether oxygens (including phenoxy) is 2. The monoisotopic (exact) mass is 362 g/mol. The molecule has 8 heteroatoms. The van der Waals surface area contributed by atoms with Crippen molar-refractivity contribution in [2.45, 2.75) is 57.2 Å². The second kappa shape index (κ2) is 5.62. The van der Waals surface area contributed by atoms with Crippen molar-refractivity contribution < 1.29 is 31.8 Å². The van der Waals surface area contributed by atoms with Crippen molar-refractivity contribution in [3.05, 3.63) is 0 Å². The molecule has 138 valence electrons. The highest BCUT2D eigenvalue weighted by molar-refractivity contribution is 7.85. The Hall–Kier alpha value is -0.250. The zero-order valence-electron chi connectivity index (χ0n) is 14.4. The van der Waals surface area contributed by atoms with E-state index in [4.69, 9.17) is 23.4 Å². The maximum absolute atomic E-state index is 11.4. The summed E-state index contributed by atoms with van der Waals surface area (Å²) >= 11 is 0. The van der Waals surface area contributed by atoms with E-state index in [9.17, 15) is 8.42 Å². The van der Waals surface area contributed by atoms with Gasteiger partial charge in [0.1, 0.15) is 0 Å². The van der Waals surface area contributed by atoms with Crippen LogP contribution in [0, 0.1) is 23.7 Å². The molecule has 1 spiro atoms. The Balaban J connectivity index is 1.66. The van der Waals surface area contributed by atoms with E-state index in [0.29, 0.717) is 12.5 Å². The van der Waals surface area contributed by atoms with Gasteiger partial charge in [-0.05, 0) is 38.0 Å². The van der Waals surface area contributed by atoms with Crippen molar-refractivity contribution in [1.82, 2.24) is 0 Å². The lowest BCUT2D eigenvalue weighted by Crippen LogP contribution is -2.69. The van der Waals surface area contributed by atoms with Crippen LogP contribution in [0.4, 0.5) is 0 Å². The molecular weight excluding hydrogens is 336 g/mol. The first-order valence-corrected chi connectivity index (χ1v) is 10.6. The highest BCUT2D eigenvalue weighted by Gasteiger charge is 2.68. The Morgan fingerprint density at radius 1 is 1.17 bits per heavy atom. The minimum absolute atomic E-state index is 0.0550. The molecule has 0 aromatic rings. The molecule has 4 aliphatic heterocycles. The average Bonchev–Trinajstić information content (AvgIpc) is 2.73. The zero-order chi connectivity index (χ0) is 17.2. The maximum atomic E-state index is 11.4.